The minimum Gasteiger partial charge on any atom is -0.364 e. The van der Waals surface area contributed by atoms with Gasteiger partial charge in [-0.1, -0.05) is 20.3 Å². The number of amides is 3. The van der Waals surface area contributed by atoms with E-state index in [4.69, 9.17) is 5.73 Å². The van der Waals surface area contributed by atoms with Crippen molar-refractivity contribution in [2.24, 2.45) is 17.1 Å². The third kappa shape index (κ3) is 4.54. The van der Waals surface area contributed by atoms with Crippen molar-refractivity contribution in [2.75, 3.05) is 5.32 Å². The second-order valence-electron chi connectivity index (χ2n) is 9.86. The molecule has 4 rings (SSSR count). The van der Waals surface area contributed by atoms with Gasteiger partial charge in [0.05, 0.1) is 0 Å². The Kier molecular flexibility index (Phi) is 5.79. The summed E-state index contributed by atoms with van der Waals surface area (Å²) in [6.07, 6.45) is 5.74. The first-order chi connectivity index (χ1) is 15.1. The van der Waals surface area contributed by atoms with Crippen molar-refractivity contribution in [3.05, 3.63) is 35.8 Å². The van der Waals surface area contributed by atoms with E-state index in [1.807, 2.05) is 22.8 Å². The Balaban J connectivity index is 1.54. The van der Waals surface area contributed by atoms with Gasteiger partial charge in [-0.15, -0.1) is 0 Å². The Labute approximate surface area is 188 Å². The zero-order valence-electron chi connectivity index (χ0n) is 18.9. The number of carbonyl (C=O) groups is 3. The van der Waals surface area contributed by atoms with Crippen LogP contribution in [0.1, 0.15) is 62.6 Å². The van der Waals surface area contributed by atoms with Crippen molar-refractivity contribution in [1.29, 1.82) is 0 Å². The molecule has 1 aliphatic heterocycles. The van der Waals surface area contributed by atoms with Crippen molar-refractivity contribution in [3.63, 3.8) is 0 Å². The summed E-state index contributed by atoms with van der Waals surface area (Å²) in [6.45, 7) is 6.59. The molecule has 2 atom stereocenters. The number of primary amides is 1. The fourth-order valence-electron chi connectivity index (χ4n) is 5.09. The molecule has 0 spiro atoms. The van der Waals surface area contributed by atoms with Crippen LogP contribution < -0.4 is 16.4 Å². The highest BCUT2D eigenvalue weighted by Gasteiger charge is 2.34. The predicted molar refractivity (Wildman–Crippen MR) is 122 cm³/mol. The summed E-state index contributed by atoms with van der Waals surface area (Å²) in [6, 6.07) is 5.61. The van der Waals surface area contributed by atoms with Gasteiger partial charge >= 0.3 is 0 Å². The lowest BCUT2D eigenvalue weighted by atomic mass is 9.85. The third-order valence-corrected chi connectivity index (χ3v) is 6.47. The van der Waals surface area contributed by atoms with Crippen LogP contribution in [0.15, 0.2) is 24.4 Å². The van der Waals surface area contributed by atoms with Gasteiger partial charge in [-0.3, -0.25) is 14.4 Å². The number of aromatic nitrogens is 2. The molecule has 3 amide bonds. The fraction of sp³-hybridized carbons (Fsp3) is 0.500. The lowest BCUT2D eigenvalue weighted by Crippen LogP contribution is -2.40. The number of hydrogen-bond donors (Lipinski definition) is 3. The highest BCUT2D eigenvalue weighted by atomic mass is 16.2. The Morgan fingerprint density at radius 3 is 2.72 bits per heavy atom. The molecule has 0 bridgehead atoms. The molecule has 2 aromatic rings. The zero-order valence-corrected chi connectivity index (χ0v) is 18.9. The molecule has 1 aliphatic carbocycles. The molecule has 0 radical (unpaired) electrons. The van der Waals surface area contributed by atoms with Crippen LogP contribution in [0.25, 0.3) is 11.1 Å². The molecule has 4 N–H and O–H groups in total. The SMILES string of the molecule is CC(=O)NC1CCCC(C(=O)Nc2cc(-c3cc(C(N)=O)n4c3CC(C)(C)C4)ccn2)C1. The minimum atomic E-state index is -0.441. The van der Waals surface area contributed by atoms with E-state index in [0.29, 0.717) is 17.9 Å². The standard InChI is InChI=1S/C24H31N5O3/c1-14(30)27-17-6-4-5-16(9-17)23(32)28-21-10-15(7-8-26-21)18-11-19(22(25)31)29-13-24(2,3)12-20(18)29/h7-8,10-11,16-17H,4-6,9,12-13H2,1-3H3,(H2,25,31)(H,27,30)(H,26,28,32). The van der Waals surface area contributed by atoms with Gasteiger partial charge in [-0.25, -0.2) is 4.98 Å². The Morgan fingerprint density at radius 2 is 2.00 bits per heavy atom. The van der Waals surface area contributed by atoms with Crippen molar-refractivity contribution in [3.8, 4) is 11.1 Å². The maximum absolute atomic E-state index is 12.9. The second kappa shape index (κ2) is 8.41. The number of hydrogen-bond acceptors (Lipinski definition) is 4. The van der Waals surface area contributed by atoms with E-state index < -0.39 is 5.91 Å². The zero-order chi connectivity index (χ0) is 23.0. The van der Waals surface area contributed by atoms with Gasteiger partial charge in [0.2, 0.25) is 11.8 Å². The van der Waals surface area contributed by atoms with Crippen LogP contribution in [0.3, 0.4) is 0 Å². The van der Waals surface area contributed by atoms with Gasteiger partial charge in [0.1, 0.15) is 11.5 Å². The number of nitrogens with one attached hydrogen (secondary N) is 2. The summed E-state index contributed by atoms with van der Waals surface area (Å²) in [5, 5.41) is 5.88. The number of anilines is 1. The molecule has 2 unspecified atom stereocenters. The quantitative estimate of drug-likeness (QED) is 0.666. The number of nitrogens with zero attached hydrogens (tertiary/aromatic N) is 2. The Hall–Kier alpha value is -3.16. The lowest BCUT2D eigenvalue weighted by molar-refractivity contribution is -0.123. The van der Waals surface area contributed by atoms with E-state index in [1.165, 1.54) is 6.92 Å². The normalized spacial score (nSPS) is 21.6. The molecule has 32 heavy (non-hydrogen) atoms. The molecule has 2 aromatic heterocycles. The lowest BCUT2D eigenvalue weighted by Gasteiger charge is -2.28. The summed E-state index contributed by atoms with van der Waals surface area (Å²) < 4.78 is 2.01. The minimum absolute atomic E-state index is 0.0378. The van der Waals surface area contributed by atoms with Gasteiger partial charge in [-0.05, 0) is 54.9 Å². The van der Waals surface area contributed by atoms with Crippen LogP contribution in [-0.2, 0) is 22.6 Å². The van der Waals surface area contributed by atoms with Crippen LogP contribution in [0, 0.1) is 11.3 Å². The summed E-state index contributed by atoms with van der Waals surface area (Å²) in [7, 11) is 0. The molecule has 0 saturated heterocycles. The van der Waals surface area contributed by atoms with E-state index in [-0.39, 0.29) is 29.2 Å². The highest BCUT2D eigenvalue weighted by molar-refractivity contribution is 5.95. The average molecular weight is 438 g/mol. The summed E-state index contributed by atoms with van der Waals surface area (Å²) in [5.74, 6) is -0.266. The van der Waals surface area contributed by atoms with Gasteiger partial charge in [0.15, 0.2) is 0 Å². The molecule has 1 fully saturated rings. The first kappa shape index (κ1) is 22.0. The summed E-state index contributed by atoms with van der Waals surface area (Å²) in [5.41, 5.74) is 9.11. The maximum atomic E-state index is 12.9. The summed E-state index contributed by atoms with van der Waals surface area (Å²) >= 11 is 0. The van der Waals surface area contributed by atoms with Gasteiger partial charge in [0, 0.05) is 42.9 Å². The fourth-order valence-corrected chi connectivity index (χ4v) is 5.09. The molecular formula is C24H31N5O3. The van der Waals surface area contributed by atoms with Crippen LogP contribution in [0.5, 0.6) is 0 Å². The number of pyridine rings is 1. The molecule has 1 saturated carbocycles. The molecule has 8 nitrogen and oxygen atoms in total. The van der Waals surface area contributed by atoms with E-state index in [2.05, 4.69) is 29.5 Å². The molecule has 170 valence electrons. The average Bonchev–Trinajstić information content (AvgIpc) is 3.20. The molecule has 3 heterocycles. The Bertz CT molecular complexity index is 1070. The number of nitrogens with two attached hydrogens (primary N) is 1. The van der Waals surface area contributed by atoms with Gasteiger partial charge in [-0.2, -0.15) is 0 Å². The summed E-state index contributed by atoms with van der Waals surface area (Å²) in [4.78, 5) is 40.6. The number of fused-ring (bicyclic) bond motifs is 1. The monoisotopic (exact) mass is 437 g/mol. The van der Waals surface area contributed by atoms with Crippen LogP contribution in [-0.4, -0.2) is 33.3 Å². The van der Waals surface area contributed by atoms with E-state index in [9.17, 15) is 14.4 Å². The van der Waals surface area contributed by atoms with Crippen molar-refractivity contribution in [2.45, 2.75) is 65.5 Å². The second-order valence-corrected chi connectivity index (χ2v) is 9.86. The first-order valence-corrected chi connectivity index (χ1v) is 11.2. The molecule has 8 heteroatoms. The van der Waals surface area contributed by atoms with Crippen LogP contribution in [0.2, 0.25) is 0 Å². The van der Waals surface area contributed by atoms with E-state index >= 15 is 0 Å². The van der Waals surface area contributed by atoms with E-state index in [1.54, 1.807) is 6.20 Å². The smallest absolute Gasteiger partial charge is 0.265 e. The maximum Gasteiger partial charge on any atom is 0.265 e. The molecule has 2 aliphatic rings. The van der Waals surface area contributed by atoms with Gasteiger partial charge < -0.3 is 20.9 Å². The van der Waals surface area contributed by atoms with Crippen LogP contribution >= 0.6 is 0 Å². The molecular weight excluding hydrogens is 406 g/mol. The van der Waals surface area contributed by atoms with Gasteiger partial charge in [0.25, 0.3) is 5.91 Å². The van der Waals surface area contributed by atoms with Crippen molar-refractivity contribution >= 4 is 23.5 Å². The highest BCUT2D eigenvalue weighted by Crippen LogP contribution is 2.40. The van der Waals surface area contributed by atoms with Crippen molar-refractivity contribution in [1.82, 2.24) is 14.9 Å². The predicted octanol–water partition coefficient (Wildman–Crippen LogP) is 2.86. The topological polar surface area (TPSA) is 119 Å². The molecule has 0 aromatic carbocycles. The number of carbonyl (C=O) groups excluding carboxylic acids is 3. The number of rotatable bonds is 5. The van der Waals surface area contributed by atoms with E-state index in [0.717, 1.165) is 49.0 Å². The Morgan fingerprint density at radius 1 is 1.22 bits per heavy atom. The largest absolute Gasteiger partial charge is 0.364 e. The van der Waals surface area contributed by atoms with Crippen LogP contribution in [0.4, 0.5) is 5.82 Å². The van der Waals surface area contributed by atoms with Crippen molar-refractivity contribution < 1.29 is 14.4 Å². The first-order valence-electron chi connectivity index (χ1n) is 11.2. The third-order valence-electron chi connectivity index (χ3n) is 6.47.